The second-order valence-electron chi connectivity index (χ2n) is 5.23. The molecule has 0 radical (unpaired) electrons. The van der Waals surface area contributed by atoms with Crippen LogP contribution in [0.3, 0.4) is 0 Å². The van der Waals surface area contributed by atoms with Crippen molar-refractivity contribution in [3.8, 4) is 11.5 Å². The molecule has 1 aromatic rings. The van der Waals surface area contributed by atoms with E-state index in [9.17, 15) is 13.2 Å². The summed E-state index contributed by atoms with van der Waals surface area (Å²) in [6, 6.07) is 7.13. The van der Waals surface area contributed by atoms with Gasteiger partial charge in [-0.2, -0.15) is 4.31 Å². The number of hydrogen-bond acceptors (Lipinski definition) is 5. The van der Waals surface area contributed by atoms with Crippen molar-refractivity contribution in [2.45, 2.75) is 12.8 Å². The van der Waals surface area contributed by atoms with Crippen molar-refractivity contribution in [2.75, 3.05) is 39.1 Å². The highest BCUT2D eigenvalue weighted by Gasteiger charge is 2.27. The molecule has 0 aromatic heterocycles. The molecule has 1 heterocycles. The Hall–Kier alpha value is -1.80. The molecule has 0 saturated carbocycles. The molecule has 8 heteroatoms. The Morgan fingerprint density at radius 2 is 1.91 bits per heavy atom. The van der Waals surface area contributed by atoms with E-state index in [-0.39, 0.29) is 18.2 Å². The molecular formula is C15H22N2O5S. The fraction of sp³-hybridized carbons (Fsp3) is 0.533. The molecule has 1 aliphatic rings. The van der Waals surface area contributed by atoms with E-state index in [0.717, 1.165) is 12.2 Å². The highest BCUT2D eigenvalue weighted by Crippen LogP contribution is 2.16. The van der Waals surface area contributed by atoms with Crippen LogP contribution in [0.5, 0.6) is 11.5 Å². The van der Waals surface area contributed by atoms with Crippen molar-refractivity contribution in [1.29, 1.82) is 0 Å². The zero-order chi connectivity index (χ0) is 16.7. The highest BCUT2D eigenvalue weighted by atomic mass is 32.2. The van der Waals surface area contributed by atoms with Crippen molar-refractivity contribution in [3.63, 3.8) is 0 Å². The summed E-state index contributed by atoms with van der Waals surface area (Å²) in [7, 11) is -1.68. The quantitative estimate of drug-likeness (QED) is 0.734. The third-order valence-corrected chi connectivity index (χ3v) is 5.43. The van der Waals surface area contributed by atoms with Crippen molar-refractivity contribution in [3.05, 3.63) is 24.3 Å². The van der Waals surface area contributed by atoms with Crippen molar-refractivity contribution >= 4 is 15.9 Å². The standard InChI is InChI=1S/C15H22N2O5S/c1-21-13-4-6-14(7-5-13)22-10-8-16-15(18)12-17-9-2-3-11-23(17,19)20/h4-7H,2-3,8-12H2,1H3,(H,16,18). The van der Waals surface area contributed by atoms with Crippen LogP contribution in [0.4, 0.5) is 0 Å². The Balaban J connectivity index is 1.68. The number of nitrogens with zero attached hydrogens (tertiary/aromatic N) is 1. The average molecular weight is 342 g/mol. The number of rotatable bonds is 7. The number of carbonyl (C=O) groups excluding carboxylic acids is 1. The van der Waals surface area contributed by atoms with Crippen LogP contribution in [0, 0.1) is 0 Å². The first-order chi connectivity index (χ1) is 11.0. The third-order valence-electron chi connectivity index (χ3n) is 3.53. The van der Waals surface area contributed by atoms with Gasteiger partial charge in [0.2, 0.25) is 15.9 Å². The van der Waals surface area contributed by atoms with E-state index >= 15 is 0 Å². The van der Waals surface area contributed by atoms with Crippen LogP contribution in [0.25, 0.3) is 0 Å². The van der Waals surface area contributed by atoms with E-state index in [1.807, 2.05) is 0 Å². The van der Waals surface area contributed by atoms with Gasteiger partial charge in [-0.3, -0.25) is 4.79 Å². The van der Waals surface area contributed by atoms with Gasteiger partial charge in [0.1, 0.15) is 18.1 Å². The summed E-state index contributed by atoms with van der Waals surface area (Å²) < 4.78 is 35.4. The molecule has 1 saturated heterocycles. The molecule has 0 unspecified atom stereocenters. The minimum absolute atomic E-state index is 0.120. The monoisotopic (exact) mass is 342 g/mol. The Kier molecular flexibility index (Phi) is 6.23. The van der Waals surface area contributed by atoms with Crippen molar-refractivity contribution in [2.24, 2.45) is 0 Å². The Labute approximate surface area is 136 Å². The summed E-state index contributed by atoms with van der Waals surface area (Å²) in [5.74, 6) is 1.24. The van der Waals surface area contributed by atoms with Crippen LogP contribution in [0.15, 0.2) is 24.3 Å². The molecule has 1 N–H and O–H groups in total. The molecule has 128 valence electrons. The maximum atomic E-state index is 11.8. The zero-order valence-corrected chi connectivity index (χ0v) is 14.0. The van der Waals surface area contributed by atoms with E-state index in [0.29, 0.717) is 31.9 Å². The van der Waals surface area contributed by atoms with E-state index in [2.05, 4.69) is 5.32 Å². The number of amides is 1. The fourth-order valence-electron chi connectivity index (χ4n) is 2.27. The number of hydrogen-bond donors (Lipinski definition) is 1. The van der Waals surface area contributed by atoms with Gasteiger partial charge in [-0.05, 0) is 37.1 Å². The lowest BCUT2D eigenvalue weighted by atomic mass is 10.3. The number of benzene rings is 1. The number of carbonyl (C=O) groups is 1. The molecule has 7 nitrogen and oxygen atoms in total. The summed E-state index contributed by atoms with van der Waals surface area (Å²) in [5, 5.41) is 2.67. The first-order valence-corrected chi connectivity index (χ1v) is 9.13. The second kappa shape index (κ2) is 8.16. The summed E-state index contributed by atoms with van der Waals surface area (Å²) in [4.78, 5) is 11.8. The second-order valence-corrected chi connectivity index (χ2v) is 7.32. The lowest BCUT2D eigenvalue weighted by Gasteiger charge is -2.25. The minimum Gasteiger partial charge on any atom is -0.497 e. The van der Waals surface area contributed by atoms with Gasteiger partial charge >= 0.3 is 0 Å². The Morgan fingerprint density at radius 3 is 2.57 bits per heavy atom. The molecule has 2 rings (SSSR count). The molecule has 0 bridgehead atoms. The number of methoxy groups -OCH3 is 1. The van der Waals surface area contributed by atoms with Gasteiger partial charge in [0.25, 0.3) is 0 Å². The highest BCUT2D eigenvalue weighted by molar-refractivity contribution is 7.89. The zero-order valence-electron chi connectivity index (χ0n) is 13.2. The van der Waals surface area contributed by atoms with Gasteiger partial charge in [-0.25, -0.2) is 8.42 Å². The predicted molar refractivity (Wildman–Crippen MR) is 86.1 cm³/mol. The third kappa shape index (κ3) is 5.40. The Bertz CT molecular complexity index is 615. The molecule has 0 atom stereocenters. The number of ether oxygens (including phenoxy) is 2. The number of sulfonamides is 1. The van der Waals surface area contributed by atoms with Gasteiger partial charge in [0, 0.05) is 6.54 Å². The molecule has 1 fully saturated rings. The van der Waals surface area contributed by atoms with Gasteiger partial charge in [0.15, 0.2) is 0 Å². The SMILES string of the molecule is COc1ccc(OCCNC(=O)CN2CCCCS2(=O)=O)cc1. The largest absolute Gasteiger partial charge is 0.497 e. The molecule has 0 spiro atoms. The average Bonchev–Trinajstić information content (AvgIpc) is 2.54. The van der Waals surface area contributed by atoms with Gasteiger partial charge < -0.3 is 14.8 Å². The maximum Gasteiger partial charge on any atom is 0.235 e. The first kappa shape index (κ1) is 17.6. The Morgan fingerprint density at radius 1 is 1.22 bits per heavy atom. The van der Waals surface area contributed by atoms with Crippen LogP contribution in [-0.2, 0) is 14.8 Å². The van der Waals surface area contributed by atoms with Gasteiger partial charge in [0.05, 0.1) is 26.0 Å². The van der Waals surface area contributed by atoms with E-state index < -0.39 is 10.0 Å². The predicted octanol–water partition coefficient (Wildman–Crippen LogP) is 0.616. The van der Waals surface area contributed by atoms with Gasteiger partial charge in [-0.15, -0.1) is 0 Å². The van der Waals surface area contributed by atoms with E-state index in [1.165, 1.54) is 4.31 Å². The van der Waals surface area contributed by atoms with Crippen LogP contribution < -0.4 is 14.8 Å². The fourth-order valence-corrected chi connectivity index (χ4v) is 3.81. The minimum atomic E-state index is -3.27. The molecular weight excluding hydrogens is 320 g/mol. The molecule has 1 aromatic carbocycles. The maximum absolute atomic E-state index is 11.8. The van der Waals surface area contributed by atoms with Crippen molar-refractivity contribution < 1.29 is 22.7 Å². The first-order valence-electron chi connectivity index (χ1n) is 7.52. The molecule has 1 amide bonds. The van der Waals surface area contributed by atoms with Crippen molar-refractivity contribution in [1.82, 2.24) is 9.62 Å². The van der Waals surface area contributed by atoms with Crippen LogP contribution in [0.2, 0.25) is 0 Å². The lowest BCUT2D eigenvalue weighted by molar-refractivity contribution is -0.121. The van der Waals surface area contributed by atoms with Crippen LogP contribution in [0.1, 0.15) is 12.8 Å². The summed E-state index contributed by atoms with van der Waals surface area (Å²) >= 11 is 0. The van der Waals surface area contributed by atoms with E-state index in [4.69, 9.17) is 9.47 Å². The van der Waals surface area contributed by atoms with Gasteiger partial charge in [-0.1, -0.05) is 0 Å². The molecule has 23 heavy (non-hydrogen) atoms. The summed E-state index contributed by atoms with van der Waals surface area (Å²) in [5.41, 5.74) is 0. The van der Waals surface area contributed by atoms with E-state index in [1.54, 1.807) is 31.4 Å². The lowest BCUT2D eigenvalue weighted by Crippen LogP contribution is -2.44. The van der Waals surface area contributed by atoms with Crippen LogP contribution >= 0.6 is 0 Å². The summed E-state index contributed by atoms with van der Waals surface area (Å²) in [6.45, 7) is 0.923. The molecule has 0 aliphatic carbocycles. The summed E-state index contributed by atoms with van der Waals surface area (Å²) in [6.07, 6.45) is 1.46. The topological polar surface area (TPSA) is 84.9 Å². The normalized spacial score (nSPS) is 17.4. The van der Waals surface area contributed by atoms with Crippen LogP contribution in [-0.4, -0.2) is 57.7 Å². The molecule has 1 aliphatic heterocycles. The number of nitrogens with one attached hydrogen (secondary N) is 1. The smallest absolute Gasteiger partial charge is 0.235 e.